The van der Waals surface area contributed by atoms with Crippen LogP contribution in [-0.2, 0) is 9.63 Å². The van der Waals surface area contributed by atoms with Crippen LogP contribution in [0, 0.1) is 16.0 Å². The Morgan fingerprint density at radius 1 is 1.50 bits per heavy atom. The summed E-state index contributed by atoms with van der Waals surface area (Å²) in [6, 6.07) is 5.59. The zero-order valence-electron chi connectivity index (χ0n) is 9.99. The van der Waals surface area contributed by atoms with Gasteiger partial charge >= 0.3 is 5.97 Å². The van der Waals surface area contributed by atoms with Gasteiger partial charge in [-0.3, -0.25) is 10.1 Å². The predicted molar refractivity (Wildman–Crippen MR) is 64.8 cm³/mol. The number of rotatable bonds is 4. The van der Waals surface area contributed by atoms with Gasteiger partial charge in [-0.25, -0.2) is 4.79 Å². The van der Waals surface area contributed by atoms with E-state index in [1.54, 1.807) is 13.8 Å². The highest BCUT2D eigenvalue weighted by Crippen LogP contribution is 2.12. The van der Waals surface area contributed by atoms with E-state index in [0.717, 1.165) is 0 Å². The van der Waals surface area contributed by atoms with Gasteiger partial charge in [0.05, 0.1) is 10.8 Å². The number of hydrogen-bond acceptors (Lipinski definition) is 5. The number of carbonyl (C=O) groups is 1. The maximum Gasteiger partial charge on any atom is 0.337 e. The monoisotopic (exact) mass is 251 g/mol. The fourth-order valence-electron chi connectivity index (χ4n) is 1.03. The molecule has 0 unspecified atom stereocenters. The molecule has 0 bridgehead atoms. The first kappa shape index (κ1) is 13.6. The molecule has 0 aliphatic rings. The molecule has 7 heteroatoms. The molecular weight excluding hydrogens is 238 g/mol. The molecule has 0 atom stereocenters. The molecular formula is C11H13N3O4. The smallest absolute Gasteiger partial charge is 0.337 e. The van der Waals surface area contributed by atoms with Crippen molar-refractivity contribution in [2.24, 2.45) is 16.8 Å². The van der Waals surface area contributed by atoms with Crippen LogP contribution in [0.15, 0.2) is 29.4 Å². The summed E-state index contributed by atoms with van der Waals surface area (Å²) in [6.45, 7) is 3.31. The van der Waals surface area contributed by atoms with Crippen molar-refractivity contribution in [3.8, 4) is 0 Å². The van der Waals surface area contributed by atoms with E-state index in [-0.39, 0.29) is 17.4 Å². The van der Waals surface area contributed by atoms with Gasteiger partial charge in [-0.05, 0) is 0 Å². The van der Waals surface area contributed by atoms with E-state index in [0.29, 0.717) is 5.56 Å². The van der Waals surface area contributed by atoms with E-state index in [2.05, 4.69) is 9.99 Å². The van der Waals surface area contributed by atoms with E-state index in [1.165, 1.54) is 24.3 Å². The van der Waals surface area contributed by atoms with Crippen LogP contribution < -0.4 is 5.73 Å². The normalized spacial score (nSPS) is 11.4. The van der Waals surface area contributed by atoms with Crippen LogP contribution in [0.1, 0.15) is 19.4 Å². The Bertz CT molecular complexity index is 497. The minimum absolute atomic E-state index is 0.0901. The number of amidine groups is 1. The molecule has 0 heterocycles. The average molecular weight is 251 g/mol. The van der Waals surface area contributed by atoms with Crippen LogP contribution in [-0.4, -0.2) is 16.7 Å². The van der Waals surface area contributed by atoms with Crippen molar-refractivity contribution in [1.82, 2.24) is 0 Å². The molecule has 0 saturated heterocycles. The van der Waals surface area contributed by atoms with Gasteiger partial charge in [0.25, 0.3) is 5.69 Å². The first-order valence-electron chi connectivity index (χ1n) is 5.21. The second-order valence-corrected chi connectivity index (χ2v) is 3.85. The number of hydrogen-bond donors (Lipinski definition) is 1. The highest BCUT2D eigenvalue weighted by Gasteiger charge is 2.11. The van der Waals surface area contributed by atoms with Crippen LogP contribution >= 0.6 is 0 Å². The first-order chi connectivity index (χ1) is 8.41. The molecule has 7 nitrogen and oxygen atoms in total. The van der Waals surface area contributed by atoms with Crippen LogP contribution in [0.25, 0.3) is 0 Å². The summed E-state index contributed by atoms with van der Waals surface area (Å²) in [5.41, 5.74) is 5.77. The van der Waals surface area contributed by atoms with Gasteiger partial charge in [-0.2, -0.15) is 0 Å². The van der Waals surface area contributed by atoms with Gasteiger partial charge < -0.3 is 10.6 Å². The van der Waals surface area contributed by atoms with E-state index >= 15 is 0 Å². The lowest BCUT2D eigenvalue weighted by atomic mass is 10.2. The summed E-state index contributed by atoms with van der Waals surface area (Å²) in [4.78, 5) is 25.8. The van der Waals surface area contributed by atoms with Crippen molar-refractivity contribution < 1.29 is 14.6 Å². The molecule has 18 heavy (non-hydrogen) atoms. The van der Waals surface area contributed by atoms with Gasteiger partial charge in [-0.1, -0.05) is 31.1 Å². The molecule has 0 spiro atoms. The lowest BCUT2D eigenvalue weighted by molar-refractivity contribution is -0.384. The topological polar surface area (TPSA) is 108 Å². The molecule has 96 valence electrons. The zero-order chi connectivity index (χ0) is 13.7. The Labute approximate surface area is 103 Å². The number of oxime groups is 1. The van der Waals surface area contributed by atoms with Gasteiger partial charge in [0.2, 0.25) is 0 Å². The van der Waals surface area contributed by atoms with Crippen molar-refractivity contribution in [2.45, 2.75) is 13.8 Å². The van der Waals surface area contributed by atoms with Crippen LogP contribution in [0.5, 0.6) is 0 Å². The van der Waals surface area contributed by atoms with Gasteiger partial charge in [-0.15, -0.1) is 0 Å². The van der Waals surface area contributed by atoms with Crippen molar-refractivity contribution in [1.29, 1.82) is 0 Å². The molecule has 0 aromatic heterocycles. The molecule has 1 aromatic carbocycles. The highest BCUT2D eigenvalue weighted by atomic mass is 16.7. The number of nitro benzene ring substituents is 1. The van der Waals surface area contributed by atoms with Crippen LogP contribution in [0.3, 0.4) is 0 Å². The van der Waals surface area contributed by atoms with E-state index in [4.69, 9.17) is 5.73 Å². The molecule has 0 saturated carbocycles. The number of nitrogens with zero attached hydrogens (tertiary/aromatic N) is 2. The minimum Gasteiger partial charge on any atom is -0.380 e. The largest absolute Gasteiger partial charge is 0.380 e. The van der Waals surface area contributed by atoms with Crippen LogP contribution in [0.2, 0.25) is 0 Å². The Hall–Kier alpha value is -2.44. The number of benzene rings is 1. The van der Waals surface area contributed by atoms with Gasteiger partial charge in [0, 0.05) is 17.7 Å². The SMILES string of the molecule is CC(C)C(=O)ON=C(N)c1cccc([N+](=O)[O-])c1. The van der Waals surface area contributed by atoms with Gasteiger partial charge in [0.15, 0.2) is 5.84 Å². The third-order valence-electron chi connectivity index (χ3n) is 2.06. The predicted octanol–water partition coefficient (Wildman–Crippen LogP) is 1.41. The lowest BCUT2D eigenvalue weighted by Crippen LogP contribution is -2.17. The summed E-state index contributed by atoms with van der Waals surface area (Å²) in [6.07, 6.45) is 0. The molecule has 0 aliphatic heterocycles. The van der Waals surface area contributed by atoms with Crippen molar-refractivity contribution in [3.63, 3.8) is 0 Å². The molecule has 1 aromatic rings. The average Bonchev–Trinajstić information content (AvgIpc) is 2.35. The van der Waals surface area contributed by atoms with E-state index in [9.17, 15) is 14.9 Å². The number of nitrogens with two attached hydrogens (primary N) is 1. The molecule has 0 amide bonds. The molecule has 0 radical (unpaired) electrons. The Kier molecular flexibility index (Phi) is 4.36. The van der Waals surface area contributed by atoms with Crippen molar-refractivity contribution in [3.05, 3.63) is 39.9 Å². The van der Waals surface area contributed by atoms with Gasteiger partial charge in [0.1, 0.15) is 0 Å². The van der Waals surface area contributed by atoms with Crippen molar-refractivity contribution in [2.75, 3.05) is 0 Å². The maximum atomic E-state index is 11.2. The van der Waals surface area contributed by atoms with E-state index < -0.39 is 10.9 Å². The summed E-state index contributed by atoms with van der Waals surface area (Å²) >= 11 is 0. The Morgan fingerprint density at radius 3 is 2.72 bits per heavy atom. The summed E-state index contributed by atoms with van der Waals surface area (Å²) < 4.78 is 0. The Balaban J connectivity index is 2.86. The number of nitro groups is 1. The second kappa shape index (κ2) is 5.76. The summed E-state index contributed by atoms with van der Waals surface area (Å²) in [7, 11) is 0. The minimum atomic E-state index is -0.545. The quantitative estimate of drug-likeness (QED) is 0.286. The number of carbonyl (C=O) groups excluding carboxylic acids is 1. The third-order valence-corrected chi connectivity index (χ3v) is 2.06. The lowest BCUT2D eigenvalue weighted by Gasteiger charge is -2.02. The second-order valence-electron chi connectivity index (χ2n) is 3.85. The molecule has 2 N–H and O–H groups in total. The molecule has 1 rings (SSSR count). The maximum absolute atomic E-state index is 11.2. The molecule has 0 fully saturated rings. The summed E-state index contributed by atoms with van der Waals surface area (Å²) in [5, 5.41) is 14.0. The summed E-state index contributed by atoms with van der Waals surface area (Å²) in [5.74, 6) is -0.942. The fourth-order valence-corrected chi connectivity index (χ4v) is 1.03. The number of non-ortho nitro benzene ring substituents is 1. The zero-order valence-corrected chi connectivity index (χ0v) is 9.99. The van der Waals surface area contributed by atoms with Crippen molar-refractivity contribution >= 4 is 17.5 Å². The standard InChI is InChI=1S/C11H13N3O4/c1-7(2)11(15)18-13-10(12)8-4-3-5-9(6-8)14(16)17/h3-7H,1-2H3,(H2,12,13). The third kappa shape index (κ3) is 3.55. The van der Waals surface area contributed by atoms with E-state index in [1.807, 2.05) is 0 Å². The molecule has 0 aliphatic carbocycles. The first-order valence-corrected chi connectivity index (χ1v) is 5.21. The van der Waals surface area contributed by atoms with Crippen LogP contribution in [0.4, 0.5) is 5.69 Å². The highest BCUT2D eigenvalue weighted by molar-refractivity contribution is 5.97. The fraction of sp³-hybridized carbons (Fsp3) is 0.273. The Morgan fingerprint density at radius 2 is 2.17 bits per heavy atom.